The molecule has 5 nitrogen and oxygen atoms in total. The van der Waals surface area contributed by atoms with Gasteiger partial charge in [-0.15, -0.1) is 0 Å². The molecule has 2 rings (SSSR count). The van der Waals surface area contributed by atoms with Crippen LogP contribution in [0.5, 0.6) is 0 Å². The van der Waals surface area contributed by atoms with Crippen LogP contribution < -0.4 is 10.9 Å². The summed E-state index contributed by atoms with van der Waals surface area (Å²) in [6, 6.07) is 3.23. The van der Waals surface area contributed by atoms with Crippen molar-refractivity contribution >= 4 is 11.7 Å². The van der Waals surface area contributed by atoms with Gasteiger partial charge in [0.1, 0.15) is 0 Å². The Morgan fingerprint density at radius 2 is 1.85 bits per heavy atom. The van der Waals surface area contributed by atoms with Crippen LogP contribution in [0.3, 0.4) is 0 Å². The molecule has 2 N–H and O–H groups in total. The first-order valence-electron chi connectivity index (χ1n) is 6.31. The topological polar surface area (TPSA) is 71.1 Å². The molecule has 5 heteroatoms. The second kappa shape index (κ2) is 6.47. The Labute approximate surface area is 117 Å². The minimum atomic E-state index is -0.276. The Hall–Kier alpha value is -2.69. The predicted octanol–water partition coefficient (Wildman–Crippen LogP) is 1.68. The number of amides is 1. The molecule has 0 fully saturated rings. The first-order valence-corrected chi connectivity index (χ1v) is 6.31. The summed E-state index contributed by atoms with van der Waals surface area (Å²) in [5.41, 5.74) is 7.14. The monoisotopic (exact) mass is 269 g/mol. The largest absolute Gasteiger partial charge is 0.302 e. The Balaban J connectivity index is 2.07. The molecular formula is C15H15N3O2. The fourth-order valence-electron chi connectivity index (χ4n) is 1.77. The van der Waals surface area contributed by atoms with Gasteiger partial charge >= 0.3 is 0 Å². The number of allylic oxidation sites excluding steroid dienone is 6. The molecule has 0 aliphatic heterocycles. The molecule has 0 saturated carbocycles. The maximum absolute atomic E-state index is 11.9. The molecule has 0 atom stereocenters. The first kappa shape index (κ1) is 13.7. The van der Waals surface area contributed by atoms with Crippen molar-refractivity contribution in [1.29, 1.82) is 0 Å². The predicted molar refractivity (Wildman–Crippen MR) is 75.4 cm³/mol. The quantitative estimate of drug-likeness (QED) is 0.644. The molecule has 20 heavy (non-hydrogen) atoms. The van der Waals surface area contributed by atoms with Crippen molar-refractivity contribution in [3.63, 3.8) is 0 Å². The van der Waals surface area contributed by atoms with E-state index in [4.69, 9.17) is 0 Å². The minimum Gasteiger partial charge on any atom is -0.302 e. The van der Waals surface area contributed by atoms with Crippen LogP contribution in [0.2, 0.25) is 0 Å². The Morgan fingerprint density at radius 1 is 1.15 bits per heavy atom. The highest BCUT2D eigenvalue weighted by atomic mass is 16.2. The zero-order valence-electron chi connectivity index (χ0n) is 11.1. The van der Waals surface area contributed by atoms with Crippen molar-refractivity contribution < 1.29 is 9.59 Å². The molecule has 0 radical (unpaired) electrons. The molecular weight excluding hydrogens is 254 g/mol. The average Bonchev–Trinajstić information content (AvgIpc) is 2.50. The maximum Gasteiger partial charge on any atom is 0.269 e. The van der Waals surface area contributed by atoms with Gasteiger partial charge < -0.3 is 5.43 Å². The van der Waals surface area contributed by atoms with Crippen molar-refractivity contribution in [1.82, 2.24) is 15.8 Å². The standard InChI is InChI=1S/C15H15N3O2/c1-2-13(12-5-3-4-6-14(12)19)17-18-15(20)11-7-9-16-10-8-11/h3-10,17H,2H2,1H3,(H,18,20). The number of rotatable bonds is 4. The number of nitrogens with one attached hydrogen (secondary N) is 2. The summed E-state index contributed by atoms with van der Waals surface area (Å²) in [7, 11) is 0. The van der Waals surface area contributed by atoms with Crippen LogP contribution in [0.4, 0.5) is 0 Å². The molecule has 102 valence electrons. The van der Waals surface area contributed by atoms with Gasteiger partial charge in [0.05, 0.1) is 0 Å². The molecule has 0 aromatic carbocycles. The molecule has 1 aliphatic carbocycles. The van der Waals surface area contributed by atoms with Crippen LogP contribution in [0, 0.1) is 0 Å². The zero-order valence-corrected chi connectivity index (χ0v) is 11.1. The van der Waals surface area contributed by atoms with Crippen molar-refractivity contribution in [3.05, 3.63) is 65.7 Å². The summed E-state index contributed by atoms with van der Waals surface area (Å²) in [6.07, 6.45) is 10.4. The first-order chi connectivity index (χ1) is 9.72. The molecule has 0 spiro atoms. The van der Waals surface area contributed by atoms with E-state index in [2.05, 4.69) is 15.8 Å². The number of hydrogen-bond donors (Lipinski definition) is 2. The Morgan fingerprint density at radius 3 is 2.50 bits per heavy atom. The Kier molecular flexibility index (Phi) is 4.44. The minimum absolute atomic E-state index is 0.0741. The van der Waals surface area contributed by atoms with E-state index in [1.54, 1.807) is 42.8 Å². The van der Waals surface area contributed by atoms with Gasteiger partial charge in [0.15, 0.2) is 5.78 Å². The SMILES string of the molecule is CCC(NNC(=O)c1ccncc1)=C1C=CC=CC1=O. The zero-order chi connectivity index (χ0) is 14.4. The van der Waals surface area contributed by atoms with E-state index in [1.165, 1.54) is 6.08 Å². The normalized spacial score (nSPS) is 15.9. The van der Waals surface area contributed by atoms with Gasteiger partial charge in [-0.2, -0.15) is 0 Å². The van der Waals surface area contributed by atoms with E-state index >= 15 is 0 Å². The average molecular weight is 269 g/mol. The second-order valence-corrected chi connectivity index (χ2v) is 4.14. The van der Waals surface area contributed by atoms with Crippen LogP contribution in [0.15, 0.2) is 60.1 Å². The number of nitrogens with zero attached hydrogens (tertiary/aromatic N) is 1. The third kappa shape index (κ3) is 3.20. The molecule has 1 heterocycles. The van der Waals surface area contributed by atoms with E-state index in [0.29, 0.717) is 23.3 Å². The molecule has 1 aromatic heterocycles. The summed E-state index contributed by atoms with van der Waals surface area (Å²) >= 11 is 0. The van der Waals surface area contributed by atoms with Gasteiger partial charge in [0, 0.05) is 29.2 Å². The summed E-state index contributed by atoms with van der Waals surface area (Å²) in [6.45, 7) is 1.91. The number of carbonyl (C=O) groups is 2. The van der Waals surface area contributed by atoms with Crippen LogP contribution in [-0.4, -0.2) is 16.7 Å². The lowest BCUT2D eigenvalue weighted by Crippen LogP contribution is -2.37. The summed E-state index contributed by atoms with van der Waals surface area (Å²) < 4.78 is 0. The van der Waals surface area contributed by atoms with Crippen molar-refractivity contribution in [3.8, 4) is 0 Å². The number of carbonyl (C=O) groups excluding carboxylic acids is 2. The molecule has 0 saturated heterocycles. The van der Waals surface area contributed by atoms with Crippen LogP contribution >= 0.6 is 0 Å². The molecule has 1 amide bonds. The number of hydrazine groups is 1. The molecule has 1 aliphatic rings. The number of aromatic nitrogens is 1. The fourth-order valence-corrected chi connectivity index (χ4v) is 1.77. The van der Waals surface area contributed by atoms with Crippen molar-refractivity contribution in [2.75, 3.05) is 0 Å². The highest BCUT2D eigenvalue weighted by Crippen LogP contribution is 2.12. The van der Waals surface area contributed by atoms with Crippen LogP contribution in [0.25, 0.3) is 0 Å². The third-order valence-corrected chi connectivity index (χ3v) is 2.84. The van der Waals surface area contributed by atoms with E-state index in [-0.39, 0.29) is 11.7 Å². The van der Waals surface area contributed by atoms with Gasteiger partial charge in [-0.05, 0) is 30.7 Å². The van der Waals surface area contributed by atoms with Gasteiger partial charge in [-0.25, -0.2) is 0 Å². The number of ketones is 1. The van der Waals surface area contributed by atoms with Gasteiger partial charge in [0.2, 0.25) is 0 Å². The Bertz CT molecular complexity index is 601. The van der Waals surface area contributed by atoms with Crippen molar-refractivity contribution in [2.24, 2.45) is 0 Å². The lowest BCUT2D eigenvalue weighted by molar-refractivity contribution is -0.111. The number of hydrogen-bond acceptors (Lipinski definition) is 4. The molecule has 0 unspecified atom stereocenters. The highest BCUT2D eigenvalue weighted by molar-refractivity contribution is 6.07. The van der Waals surface area contributed by atoms with E-state index in [1.807, 2.05) is 6.92 Å². The van der Waals surface area contributed by atoms with E-state index < -0.39 is 0 Å². The summed E-state index contributed by atoms with van der Waals surface area (Å²) in [4.78, 5) is 27.5. The molecule has 1 aromatic rings. The van der Waals surface area contributed by atoms with Crippen LogP contribution in [-0.2, 0) is 4.79 Å². The van der Waals surface area contributed by atoms with Crippen molar-refractivity contribution in [2.45, 2.75) is 13.3 Å². The lowest BCUT2D eigenvalue weighted by Gasteiger charge is -2.14. The molecule has 0 bridgehead atoms. The smallest absolute Gasteiger partial charge is 0.269 e. The fraction of sp³-hybridized carbons (Fsp3) is 0.133. The lowest BCUT2D eigenvalue weighted by atomic mass is 10.0. The van der Waals surface area contributed by atoms with Crippen LogP contribution in [0.1, 0.15) is 23.7 Å². The highest BCUT2D eigenvalue weighted by Gasteiger charge is 2.12. The second-order valence-electron chi connectivity index (χ2n) is 4.14. The maximum atomic E-state index is 11.9. The summed E-state index contributed by atoms with van der Waals surface area (Å²) in [5.74, 6) is -0.350. The van der Waals surface area contributed by atoms with Gasteiger partial charge in [0.25, 0.3) is 5.91 Å². The van der Waals surface area contributed by atoms with Gasteiger partial charge in [-0.3, -0.25) is 20.0 Å². The van der Waals surface area contributed by atoms with E-state index in [9.17, 15) is 9.59 Å². The third-order valence-electron chi connectivity index (χ3n) is 2.84. The van der Waals surface area contributed by atoms with Gasteiger partial charge in [-0.1, -0.05) is 19.1 Å². The van der Waals surface area contributed by atoms with E-state index in [0.717, 1.165) is 0 Å². The summed E-state index contributed by atoms with van der Waals surface area (Å²) in [5, 5.41) is 0. The number of pyridine rings is 1.